The number of ether oxygens (including phenoxy) is 1. The molecule has 12 heteroatoms. The number of hydrogen-bond donors (Lipinski definition) is 3. The minimum atomic E-state index is -0.549. The predicted octanol–water partition coefficient (Wildman–Crippen LogP) is 0.663. The Hall–Kier alpha value is -3.96. The lowest BCUT2D eigenvalue weighted by Gasteiger charge is -2.04. The van der Waals surface area contributed by atoms with Gasteiger partial charge >= 0.3 is 0 Å². The summed E-state index contributed by atoms with van der Waals surface area (Å²) >= 11 is 0. The largest absolute Gasteiger partial charge is 0.504 e. The maximum absolute atomic E-state index is 12.5. The van der Waals surface area contributed by atoms with Crippen LogP contribution in [0.5, 0.6) is 11.5 Å². The van der Waals surface area contributed by atoms with E-state index < -0.39 is 5.91 Å². The number of rotatable bonds is 7. The molecule has 4 N–H and O–H groups in total. The molecule has 0 aliphatic heterocycles. The van der Waals surface area contributed by atoms with Gasteiger partial charge in [-0.05, 0) is 40.5 Å². The van der Waals surface area contributed by atoms with Crippen molar-refractivity contribution in [2.45, 2.75) is 19.8 Å². The molecular weight excluding hydrogens is 368 g/mol. The van der Waals surface area contributed by atoms with Crippen molar-refractivity contribution in [1.29, 1.82) is 0 Å². The van der Waals surface area contributed by atoms with Crippen molar-refractivity contribution in [1.82, 2.24) is 30.7 Å². The quantitative estimate of drug-likeness (QED) is 0.390. The molecule has 1 amide bonds. The van der Waals surface area contributed by atoms with Crippen molar-refractivity contribution in [3.63, 3.8) is 0 Å². The van der Waals surface area contributed by atoms with Gasteiger partial charge in [-0.3, -0.25) is 4.79 Å². The summed E-state index contributed by atoms with van der Waals surface area (Å²) in [6.45, 7) is 1.94. The topological polar surface area (TPSA) is 167 Å². The fraction of sp³-hybridized carbons (Fsp3) is 0.250. The molecule has 0 unspecified atom stereocenters. The second-order valence-corrected chi connectivity index (χ2v) is 5.65. The van der Waals surface area contributed by atoms with Crippen LogP contribution < -0.4 is 15.9 Å². The molecule has 0 radical (unpaired) electrons. The lowest BCUT2D eigenvalue weighted by molar-refractivity contribution is 0.0949. The van der Waals surface area contributed by atoms with E-state index in [9.17, 15) is 9.90 Å². The number of amides is 1. The van der Waals surface area contributed by atoms with E-state index in [1.165, 1.54) is 24.1 Å². The molecule has 0 atom stereocenters. The fourth-order valence-corrected chi connectivity index (χ4v) is 2.44. The number of carbonyl (C=O) groups is 1. The van der Waals surface area contributed by atoms with Gasteiger partial charge in [-0.25, -0.2) is 10.1 Å². The molecule has 0 spiro atoms. The molecule has 2 heterocycles. The number of nitrogens with zero attached hydrogens (tertiary/aromatic N) is 6. The summed E-state index contributed by atoms with van der Waals surface area (Å²) in [6.07, 6.45) is 2.64. The number of phenolic OH excluding ortho intramolecular Hbond substituents is 1. The molecule has 146 valence electrons. The first-order chi connectivity index (χ1) is 13.5. The van der Waals surface area contributed by atoms with Crippen molar-refractivity contribution in [2.75, 3.05) is 12.8 Å². The first kappa shape index (κ1) is 18.8. The van der Waals surface area contributed by atoms with E-state index in [0.29, 0.717) is 23.4 Å². The highest BCUT2D eigenvalue weighted by atomic mass is 16.6. The molecule has 0 fully saturated rings. The number of nitrogens with two attached hydrogens (primary N) is 1. The maximum Gasteiger partial charge on any atom is 0.293 e. The zero-order valence-corrected chi connectivity index (χ0v) is 15.2. The first-order valence-electron chi connectivity index (χ1n) is 8.28. The van der Waals surface area contributed by atoms with Gasteiger partial charge in [0.15, 0.2) is 17.2 Å². The van der Waals surface area contributed by atoms with Crippen LogP contribution in [0.15, 0.2) is 27.9 Å². The average Bonchev–Trinajstić information content (AvgIpc) is 3.29. The van der Waals surface area contributed by atoms with Crippen LogP contribution in [0.1, 0.15) is 35.1 Å². The van der Waals surface area contributed by atoms with Gasteiger partial charge in [0.1, 0.15) is 0 Å². The van der Waals surface area contributed by atoms with Crippen molar-refractivity contribution in [3.8, 4) is 17.3 Å². The molecule has 3 aromatic rings. The molecule has 1 aromatic carbocycles. The minimum absolute atomic E-state index is 0.00567. The molecule has 0 aliphatic rings. The Balaban J connectivity index is 1.79. The lowest BCUT2D eigenvalue weighted by Crippen LogP contribution is -2.20. The van der Waals surface area contributed by atoms with Gasteiger partial charge in [0.2, 0.25) is 11.6 Å². The number of methoxy groups -OCH3 is 1. The number of benzene rings is 1. The zero-order valence-electron chi connectivity index (χ0n) is 15.2. The van der Waals surface area contributed by atoms with Crippen LogP contribution in [0, 0.1) is 0 Å². The molecule has 28 heavy (non-hydrogen) atoms. The van der Waals surface area contributed by atoms with Crippen LogP contribution in [-0.2, 0) is 6.42 Å². The molecular formula is C16H18N8O4. The average molecular weight is 386 g/mol. The Morgan fingerprint density at radius 3 is 2.96 bits per heavy atom. The summed E-state index contributed by atoms with van der Waals surface area (Å²) < 4.78 is 10.9. The number of hydrazone groups is 1. The van der Waals surface area contributed by atoms with Gasteiger partial charge in [-0.2, -0.15) is 9.78 Å². The third-order valence-corrected chi connectivity index (χ3v) is 3.74. The highest BCUT2D eigenvalue weighted by Crippen LogP contribution is 2.25. The van der Waals surface area contributed by atoms with Crippen LogP contribution in [0.2, 0.25) is 0 Å². The van der Waals surface area contributed by atoms with E-state index in [1.807, 2.05) is 6.92 Å². The molecule has 12 nitrogen and oxygen atoms in total. The van der Waals surface area contributed by atoms with Crippen molar-refractivity contribution in [3.05, 3.63) is 35.2 Å². The summed E-state index contributed by atoms with van der Waals surface area (Å²) in [7, 11) is 1.44. The van der Waals surface area contributed by atoms with E-state index in [-0.39, 0.29) is 23.1 Å². The van der Waals surface area contributed by atoms with Gasteiger partial charge in [0, 0.05) is 0 Å². The van der Waals surface area contributed by atoms with E-state index >= 15 is 0 Å². The third-order valence-electron chi connectivity index (χ3n) is 3.74. The number of hydrogen-bond acceptors (Lipinski definition) is 10. The second-order valence-electron chi connectivity index (χ2n) is 5.65. The van der Waals surface area contributed by atoms with Crippen molar-refractivity contribution < 1.29 is 19.3 Å². The Bertz CT molecular complexity index is 1010. The van der Waals surface area contributed by atoms with Gasteiger partial charge in [-0.15, -0.1) is 5.10 Å². The Kier molecular flexibility index (Phi) is 5.48. The van der Waals surface area contributed by atoms with Crippen LogP contribution in [0.3, 0.4) is 0 Å². The summed E-state index contributed by atoms with van der Waals surface area (Å²) in [5.74, 6) is -0.0525. The fourth-order valence-electron chi connectivity index (χ4n) is 2.44. The summed E-state index contributed by atoms with van der Waals surface area (Å²) in [5.41, 5.74) is 9.30. The number of anilines is 1. The number of phenols is 1. The summed E-state index contributed by atoms with van der Waals surface area (Å²) in [5, 5.41) is 28.5. The zero-order chi connectivity index (χ0) is 20.1. The highest BCUT2D eigenvalue weighted by molar-refractivity contribution is 5.94. The third kappa shape index (κ3) is 3.75. The Morgan fingerprint density at radius 2 is 2.29 bits per heavy atom. The van der Waals surface area contributed by atoms with Gasteiger partial charge in [0.05, 0.1) is 19.0 Å². The molecule has 0 bridgehead atoms. The highest BCUT2D eigenvalue weighted by Gasteiger charge is 2.23. The normalized spacial score (nSPS) is 11.1. The summed E-state index contributed by atoms with van der Waals surface area (Å²) in [6, 6.07) is 4.65. The van der Waals surface area contributed by atoms with Gasteiger partial charge < -0.3 is 15.6 Å². The lowest BCUT2D eigenvalue weighted by atomic mass is 10.2. The maximum atomic E-state index is 12.5. The SMILES string of the molecule is CCCc1c(C(=O)NN=Cc2ccc(O)c(OC)c2)nnn1-c1nonc1N. The van der Waals surface area contributed by atoms with E-state index in [0.717, 1.165) is 6.42 Å². The Labute approximate surface area is 158 Å². The van der Waals surface area contributed by atoms with Crippen molar-refractivity contribution in [2.24, 2.45) is 5.10 Å². The second kappa shape index (κ2) is 8.16. The van der Waals surface area contributed by atoms with Crippen LogP contribution in [0.25, 0.3) is 5.82 Å². The Morgan fingerprint density at radius 1 is 1.46 bits per heavy atom. The van der Waals surface area contributed by atoms with Gasteiger partial charge in [-0.1, -0.05) is 18.6 Å². The van der Waals surface area contributed by atoms with E-state index in [4.69, 9.17) is 10.5 Å². The number of nitrogens with one attached hydrogen (secondary N) is 1. The molecule has 0 aliphatic carbocycles. The van der Waals surface area contributed by atoms with E-state index in [1.54, 1.807) is 12.1 Å². The molecule has 0 saturated carbocycles. The van der Waals surface area contributed by atoms with E-state index in [2.05, 4.69) is 35.8 Å². The van der Waals surface area contributed by atoms with Crippen LogP contribution >= 0.6 is 0 Å². The first-order valence-corrected chi connectivity index (χ1v) is 8.28. The minimum Gasteiger partial charge on any atom is -0.504 e. The standard InChI is InChI=1S/C16H18N8O4/c1-3-4-10-13(19-23-24(10)15-14(17)21-28-22-15)16(26)20-18-8-9-5-6-11(25)12(7-9)27-2/h5-8,25H,3-4H2,1-2H3,(H2,17,21)(H,20,26). The number of nitrogen functional groups attached to an aromatic ring is 1. The molecule has 3 rings (SSSR count). The summed E-state index contributed by atoms with van der Waals surface area (Å²) in [4.78, 5) is 12.5. The predicted molar refractivity (Wildman–Crippen MR) is 97.3 cm³/mol. The van der Waals surface area contributed by atoms with Crippen molar-refractivity contribution >= 4 is 17.9 Å². The number of aromatic nitrogens is 5. The number of carbonyl (C=O) groups excluding carboxylic acids is 1. The monoisotopic (exact) mass is 386 g/mol. The van der Waals surface area contributed by atoms with Crippen LogP contribution in [0.4, 0.5) is 5.82 Å². The number of aromatic hydroxyl groups is 1. The smallest absolute Gasteiger partial charge is 0.293 e. The molecule has 2 aromatic heterocycles. The van der Waals surface area contributed by atoms with Crippen LogP contribution in [-0.4, -0.2) is 49.6 Å². The van der Waals surface area contributed by atoms with Gasteiger partial charge in [0.25, 0.3) is 5.91 Å². The molecule has 0 saturated heterocycles.